The van der Waals surface area contributed by atoms with Gasteiger partial charge in [-0.2, -0.15) is 0 Å². The summed E-state index contributed by atoms with van der Waals surface area (Å²) in [4.78, 5) is 9.53. The van der Waals surface area contributed by atoms with Gasteiger partial charge >= 0.3 is 0 Å². The number of rotatable bonds is 3. The van der Waals surface area contributed by atoms with E-state index in [1.807, 2.05) is 12.4 Å². The maximum Gasteiger partial charge on any atom is 0.220 e. The molecule has 5 rings (SSSR count). The third-order valence-corrected chi connectivity index (χ3v) is 6.95. The lowest BCUT2D eigenvalue weighted by molar-refractivity contribution is -0.659. The minimum absolute atomic E-state index is 0.541. The van der Waals surface area contributed by atoms with E-state index >= 15 is 0 Å². The van der Waals surface area contributed by atoms with Crippen molar-refractivity contribution >= 4 is 10.8 Å². The first-order valence-electron chi connectivity index (χ1n) is 11.3. The summed E-state index contributed by atoms with van der Waals surface area (Å²) in [6.45, 7) is 6.60. The van der Waals surface area contributed by atoms with Crippen molar-refractivity contribution in [1.29, 1.82) is 0 Å². The summed E-state index contributed by atoms with van der Waals surface area (Å²) in [5.41, 5.74) is 8.80. The molecule has 2 heterocycles. The second kappa shape index (κ2) is 7.88. The molecule has 1 saturated carbocycles. The molecule has 3 heteroatoms. The van der Waals surface area contributed by atoms with E-state index in [1.54, 1.807) is 0 Å². The van der Waals surface area contributed by atoms with E-state index in [0.29, 0.717) is 5.92 Å². The Morgan fingerprint density at radius 1 is 0.871 bits per heavy atom. The van der Waals surface area contributed by atoms with Crippen LogP contribution in [0.15, 0.2) is 55.0 Å². The molecular formula is C28H30N3+. The van der Waals surface area contributed by atoms with E-state index in [1.165, 1.54) is 70.0 Å². The molecule has 2 aromatic heterocycles. The monoisotopic (exact) mass is 408 g/mol. The van der Waals surface area contributed by atoms with Crippen molar-refractivity contribution in [1.82, 2.24) is 9.97 Å². The maximum absolute atomic E-state index is 4.76. The fraction of sp³-hybridized carbons (Fsp3) is 0.321. The van der Waals surface area contributed by atoms with Crippen molar-refractivity contribution in [3.63, 3.8) is 0 Å². The third-order valence-electron chi connectivity index (χ3n) is 6.95. The highest BCUT2D eigenvalue weighted by molar-refractivity contribution is 6.02. The lowest BCUT2D eigenvalue weighted by Gasteiger charge is -2.13. The van der Waals surface area contributed by atoms with Crippen molar-refractivity contribution in [3.05, 3.63) is 77.5 Å². The van der Waals surface area contributed by atoms with Gasteiger partial charge in [0.1, 0.15) is 12.9 Å². The lowest BCUT2D eigenvalue weighted by atomic mass is 9.92. The number of benzene rings is 2. The van der Waals surface area contributed by atoms with Gasteiger partial charge in [-0.15, -0.1) is 0 Å². The number of nitrogens with zero attached hydrogens (tertiary/aromatic N) is 3. The summed E-state index contributed by atoms with van der Waals surface area (Å²) in [5.74, 6) is 1.55. The van der Waals surface area contributed by atoms with E-state index < -0.39 is 0 Å². The molecule has 31 heavy (non-hydrogen) atoms. The number of hydrogen-bond donors (Lipinski definition) is 0. The Bertz CT molecular complexity index is 1270. The molecule has 0 atom stereocenters. The van der Waals surface area contributed by atoms with Gasteiger partial charge in [-0.3, -0.25) is 0 Å². The average molecular weight is 409 g/mol. The van der Waals surface area contributed by atoms with E-state index in [9.17, 15) is 0 Å². The van der Waals surface area contributed by atoms with Gasteiger partial charge in [-0.05, 0) is 62.4 Å². The Hall–Kier alpha value is -3.07. The average Bonchev–Trinajstić information content (AvgIpc) is 3.31. The van der Waals surface area contributed by atoms with Gasteiger partial charge in [0.15, 0.2) is 6.20 Å². The van der Waals surface area contributed by atoms with Crippen LogP contribution in [0.4, 0.5) is 0 Å². The summed E-state index contributed by atoms with van der Waals surface area (Å²) in [6, 6.07) is 13.4. The van der Waals surface area contributed by atoms with Crippen LogP contribution in [-0.2, 0) is 7.05 Å². The van der Waals surface area contributed by atoms with Crippen LogP contribution in [0.3, 0.4) is 0 Å². The van der Waals surface area contributed by atoms with Gasteiger partial charge in [0.2, 0.25) is 5.69 Å². The maximum atomic E-state index is 4.76. The standard InChI is InChI=1S/C28H30N3/c1-18-14-19(2)20(3)26(15-18)27-25-11-7-10-23(24(25)12-13-31(27)4)22-16-29-28(30-17-22)21-8-5-6-9-21/h7,10-17,21H,5-6,8-9H2,1-4H3/q+1. The Balaban J connectivity index is 1.67. The molecule has 1 aliphatic rings. The Morgan fingerprint density at radius 3 is 2.35 bits per heavy atom. The van der Waals surface area contributed by atoms with Gasteiger partial charge < -0.3 is 0 Å². The van der Waals surface area contributed by atoms with Crippen LogP contribution in [-0.4, -0.2) is 9.97 Å². The molecule has 0 amide bonds. The highest BCUT2D eigenvalue weighted by atomic mass is 14.9. The van der Waals surface area contributed by atoms with E-state index in [0.717, 1.165) is 11.4 Å². The highest BCUT2D eigenvalue weighted by Gasteiger charge is 2.21. The van der Waals surface area contributed by atoms with Crippen LogP contribution >= 0.6 is 0 Å². The van der Waals surface area contributed by atoms with Gasteiger partial charge in [0.25, 0.3) is 0 Å². The third kappa shape index (κ3) is 3.52. The fourth-order valence-electron chi connectivity index (χ4n) is 5.15. The van der Waals surface area contributed by atoms with Crippen LogP contribution in [0.2, 0.25) is 0 Å². The van der Waals surface area contributed by atoms with Crippen molar-refractivity contribution in [2.45, 2.75) is 52.4 Å². The van der Waals surface area contributed by atoms with Crippen LogP contribution in [0.1, 0.15) is 54.1 Å². The van der Waals surface area contributed by atoms with E-state index in [4.69, 9.17) is 9.97 Å². The molecule has 0 bridgehead atoms. The van der Waals surface area contributed by atoms with Gasteiger partial charge in [0.05, 0.1) is 10.9 Å². The topological polar surface area (TPSA) is 29.7 Å². The Labute approximate surface area is 184 Å². The lowest BCUT2D eigenvalue weighted by Crippen LogP contribution is -2.31. The van der Waals surface area contributed by atoms with Crippen molar-refractivity contribution in [2.75, 3.05) is 0 Å². The molecule has 0 spiro atoms. The van der Waals surface area contributed by atoms with Crippen LogP contribution < -0.4 is 4.57 Å². The zero-order valence-electron chi connectivity index (χ0n) is 18.9. The quantitative estimate of drug-likeness (QED) is 0.369. The number of hydrogen-bond acceptors (Lipinski definition) is 2. The van der Waals surface area contributed by atoms with Crippen LogP contribution in [0.25, 0.3) is 33.2 Å². The van der Waals surface area contributed by atoms with Crippen molar-refractivity contribution in [2.24, 2.45) is 7.05 Å². The van der Waals surface area contributed by atoms with E-state index in [2.05, 4.69) is 75.0 Å². The normalized spacial score (nSPS) is 14.5. The first-order valence-corrected chi connectivity index (χ1v) is 11.3. The number of aromatic nitrogens is 3. The minimum atomic E-state index is 0.541. The number of fused-ring (bicyclic) bond motifs is 1. The molecule has 1 aliphatic carbocycles. The Kier molecular flexibility index (Phi) is 5.05. The number of aryl methyl sites for hydroxylation is 3. The molecule has 0 saturated heterocycles. The zero-order chi connectivity index (χ0) is 21.5. The highest BCUT2D eigenvalue weighted by Crippen LogP contribution is 2.36. The van der Waals surface area contributed by atoms with Crippen LogP contribution in [0, 0.1) is 20.8 Å². The summed E-state index contributed by atoms with van der Waals surface area (Å²) in [6.07, 6.45) is 11.3. The molecular weight excluding hydrogens is 378 g/mol. The molecule has 2 aromatic carbocycles. The molecule has 3 nitrogen and oxygen atoms in total. The van der Waals surface area contributed by atoms with Crippen molar-refractivity contribution in [3.8, 4) is 22.4 Å². The zero-order valence-corrected chi connectivity index (χ0v) is 18.9. The summed E-state index contributed by atoms with van der Waals surface area (Å²) < 4.78 is 2.24. The second-order valence-electron chi connectivity index (χ2n) is 9.11. The van der Waals surface area contributed by atoms with E-state index in [-0.39, 0.29) is 0 Å². The minimum Gasteiger partial charge on any atom is -0.240 e. The second-order valence-corrected chi connectivity index (χ2v) is 9.11. The SMILES string of the molecule is Cc1cc(C)c(C)c(-c2c3cccc(-c4cnc(C5CCCC5)nc4)c3cc[n+]2C)c1. The summed E-state index contributed by atoms with van der Waals surface area (Å²) in [7, 11) is 2.14. The van der Waals surface area contributed by atoms with Gasteiger partial charge in [0, 0.05) is 35.3 Å². The molecule has 156 valence electrons. The van der Waals surface area contributed by atoms with Gasteiger partial charge in [-0.25, -0.2) is 14.5 Å². The van der Waals surface area contributed by atoms with Crippen molar-refractivity contribution < 1.29 is 4.57 Å². The first-order chi connectivity index (χ1) is 15.0. The molecule has 0 radical (unpaired) electrons. The molecule has 0 N–H and O–H groups in total. The largest absolute Gasteiger partial charge is 0.240 e. The molecule has 0 unspecified atom stereocenters. The Morgan fingerprint density at radius 2 is 1.61 bits per heavy atom. The number of pyridine rings is 1. The summed E-state index contributed by atoms with van der Waals surface area (Å²) in [5, 5.41) is 2.50. The summed E-state index contributed by atoms with van der Waals surface area (Å²) >= 11 is 0. The molecule has 4 aromatic rings. The first kappa shape index (κ1) is 19.9. The molecule has 0 aliphatic heterocycles. The predicted octanol–water partition coefficient (Wildman–Crippen LogP) is 6.37. The van der Waals surface area contributed by atoms with Gasteiger partial charge in [-0.1, -0.05) is 36.6 Å². The fourth-order valence-corrected chi connectivity index (χ4v) is 5.15. The molecule has 1 fully saturated rings. The smallest absolute Gasteiger partial charge is 0.220 e. The van der Waals surface area contributed by atoms with Crippen LogP contribution in [0.5, 0.6) is 0 Å². The predicted molar refractivity (Wildman–Crippen MR) is 127 cm³/mol.